The summed E-state index contributed by atoms with van der Waals surface area (Å²) in [7, 11) is -3.08. The predicted molar refractivity (Wildman–Crippen MR) is 127 cm³/mol. The quantitative estimate of drug-likeness (QED) is 0.411. The normalized spacial score (nSPS) is 17.4. The van der Waals surface area contributed by atoms with E-state index in [1.54, 1.807) is 73.7 Å². The van der Waals surface area contributed by atoms with Crippen LogP contribution >= 0.6 is 0 Å². The monoisotopic (exact) mass is 481 g/mol. The van der Waals surface area contributed by atoms with E-state index in [0.717, 1.165) is 5.69 Å². The van der Waals surface area contributed by atoms with Gasteiger partial charge in [0.2, 0.25) is 11.4 Å². The molecule has 34 heavy (non-hydrogen) atoms. The number of sulfone groups is 1. The van der Waals surface area contributed by atoms with Crippen LogP contribution in [0.25, 0.3) is 0 Å². The molecule has 0 unspecified atom stereocenters. The van der Waals surface area contributed by atoms with Crippen molar-refractivity contribution in [1.29, 1.82) is 0 Å². The lowest BCUT2D eigenvalue weighted by Crippen LogP contribution is -2.39. The molecule has 0 aliphatic carbocycles. The number of esters is 1. The molecule has 1 saturated heterocycles. The standard InChI is InChI=1S/C26H27NO6S/c1-18-15-23(19(2)27(18)22-13-14-34(31,32)17-22)24(28)16-33-25(29)26(30,20-9-5-3-6-10-20)21-11-7-4-8-12-21/h3-12,15,22,30H,13-14,16-17H2,1-2H3/t22-/m0/s1. The Bertz CT molecular complexity index is 1270. The minimum Gasteiger partial charge on any atom is -0.455 e. The van der Waals surface area contributed by atoms with Crippen molar-refractivity contribution in [2.75, 3.05) is 18.1 Å². The van der Waals surface area contributed by atoms with Crippen LogP contribution in [0.15, 0.2) is 66.7 Å². The van der Waals surface area contributed by atoms with E-state index in [4.69, 9.17) is 4.74 Å². The Hall–Kier alpha value is -3.23. The van der Waals surface area contributed by atoms with E-state index >= 15 is 0 Å². The second-order valence-corrected chi connectivity index (χ2v) is 10.9. The molecule has 3 aromatic rings. The molecule has 0 spiro atoms. The number of Topliss-reactive ketones (excluding diaryl/α,β-unsaturated/α-hetero) is 1. The molecule has 0 radical (unpaired) electrons. The first-order valence-electron chi connectivity index (χ1n) is 11.1. The molecule has 1 atom stereocenters. The topological polar surface area (TPSA) is 103 Å². The van der Waals surface area contributed by atoms with Gasteiger partial charge in [0.05, 0.1) is 11.5 Å². The zero-order valence-corrected chi connectivity index (χ0v) is 19.9. The van der Waals surface area contributed by atoms with Gasteiger partial charge in [0.25, 0.3) is 0 Å². The second-order valence-electron chi connectivity index (χ2n) is 8.65. The summed E-state index contributed by atoms with van der Waals surface area (Å²) in [6.07, 6.45) is 0.502. The molecule has 7 nitrogen and oxygen atoms in total. The lowest BCUT2D eigenvalue weighted by molar-refractivity contribution is -0.160. The number of ketones is 1. The molecule has 4 rings (SSSR count). The molecule has 1 aliphatic heterocycles. The number of aromatic nitrogens is 1. The number of hydrogen-bond donors (Lipinski definition) is 1. The number of carbonyl (C=O) groups excluding carboxylic acids is 2. The maximum absolute atomic E-state index is 13.1. The van der Waals surface area contributed by atoms with E-state index in [1.807, 2.05) is 11.5 Å². The fraction of sp³-hybridized carbons (Fsp3) is 0.308. The van der Waals surface area contributed by atoms with Crippen LogP contribution in [-0.2, 0) is 25.0 Å². The predicted octanol–water partition coefficient (Wildman–Crippen LogP) is 3.13. The van der Waals surface area contributed by atoms with E-state index < -0.39 is 33.8 Å². The first kappa shape index (κ1) is 23.9. The fourth-order valence-electron chi connectivity index (χ4n) is 4.67. The number of carbonyl (C=O) groups is 2. The number of aliphatic hydroxyl groups is 1. The summed E-state index contributed by atoms with van der Waals surface area (Å²) in [6, 6.07) is 18.4. The number of ether oxygens (including phenoxy) is 1. The highest BCUT2D eigenvalue weighted by atomic mass is 32.2. The molecule has 1 N–H and O–H groups in total. The summed E-state index contributed by atoms with van der Waals surface area (Å²) in [6.45, 7) is 3.04. The van der Waals surface area contributed by atoms with Crippen molar-refractivity contribution >= 4 is 21.6 Å². The average molecular weight is 482 g/mol. The van der Waals surface area contributed by atoms with Crippen LogP contribution in [0.1, 0.15) is 45.3 Å². The van der Waals surface area contributed by atoms with Crippen LogP contribution in [-0.4, -0.2) is 48.0 Å². The van der Waals surface area contributed by atoms with Crippen molar-refractivity contribution < 1.29 is 27.9 Å². The zero-order valence-electron chi connectivity index (χ0n) is 19.1. The molecule has 2 aromatic carbocycles. The Morgan fingerprint density at radius 3 is 2.09 bits per heavy atom. The Labute approximate surface area is 198 Å². The molecular formula is C26H27NO6S. The van der Waals surface area contributed by atoms with E-state index in [-0.39, 0.29) is 17.5 Å². The number of aryl methyl sites for hydroxylation is 1. The van der Waals surface area contributed by atoms with Crippen LogP contribution in [0.4, 0.5) is 0 Å². The van der Waals surface area contributed by atoms with Gasteiger partial charge in [-0.2, -0.15) is 0 Å². The first-order chi connectivity index (χ1) is 16.1. The Morgan fingerprint density at radius 1 is 1.03 bits per heavy atom. The minimum absolute atomic E-state index is 0.0488. The van der Waals surface area contributed by atoms with Gasteiger partial charge in [0.15, 0.2) is 16.4 Å². The molecular weight excluding hydrogens is 454 g/mol. The third-order valence-electron chi connectivity index (χ3n) is 6.37. The van der Waals surface area contributed by atoms with Crippen LogP contribution in [0.5, 0.6) is 0 Å². The van der Waals surface area contributed by atoms with Gasteiger partial charge in [-0.05, 0) is 37.5 Å². The van der Waals surface area contributed by atoms with E-state index in [0.29, 0.717) is 28.8 Å². The number of benzene rings is 2. The first-order valence-corrected chi connectivity index (χ1v) is 12.9. The van der Waals surface area contributed by atoms with Gasteiger partial charge < -0.3 is 14.4 Å². The van der Waals surface area contributed by atoms with Gasteiger partial charge in [0, 0.05) is 23.0 Å². The number of rotatable bonds is 7. The highest BCUT2D eigenvalue weighted by molar-refractivity contribution is 7.91. The fourth-order valence-corrected chi connectivity index (χ4v) is 6.37. The zero-order chi connectivity index (χ0) is 24.5. The molecule has 1 aromatic heterocycles. The molecule has 0 saturated carbocycles. The van der Waals surface area contributed by atoms with Crippen LogP contribution in [0, 0.1) is 13.8 Å². The maximum atomic E-state index is 13.1. The minimum atomic E-state index is -3.08. The molecule has 8 heteroatoms. The lowest BCUT2D eigenvalue weighted by atomic mass is 9.86. The number of nitrogens with zero attached hydrogens (tertiary/aromatic N) is 1. The number of hydrogen-bond acceptors (Lipinski definition) is 6. The van der Waals surface area contributed by atoms with Crippen LogP contribution in [0.3, 0.4) is 0 Å². The van der Waals surface area contributed by atoms with Crippen LogP contribution in [0.2, 0.25) is 0 Å². The summed E-state index contributed by atoms with van der Waals surface area (Å²) < 4.78 is 31.1. The molecule has 1 aliphatic rings. The smallest absolute Gasteiger partial charge is 0.348 e. The van der Waals surface area contributed by atoms with Crippen molar-refractivity contribution in [2.45, 2.75) is 31.9 Å². The summed E-state index contributed by atoms with van der Waals surface area (Å²) in [5.74, 6) is -1.19. The van der Waals surface area contributed by atoms with Gasteiger partial charge in [-0.25, -0.2) is 13.2 Å². The molecule has 2 heterocycles. The highest BCUT2D eigenvalue weighted by Crippen LogP contribution is 2.32. The Morgan fingerprint density at radius 2 is 1.59 bits per heavy atom. The van der Waals surface area contributed by atoms with E-state index in [2.05, 4.69) is 0 Å². The van der Waals surface area contributed by atoms with Gasteiger partial charge >= 0.3 is 5.97 Å². The Kier molecular flexibility index (Phi) is 6.47. The van der Waals surface area contributed by atoms with Crippen LogP contribution < -0.4 is 0 Å². The van der Waals surface area contributed by atoms with Crippen molar-refractivity contribution in [3.63, 3.8) is 0 Å². The largest absolute Gasteiger partial charge is 0.455 e. The maximum Gasteiger partial charge on any atom is 0.348 e. The second kappa shape index (κ2) is 9.19. The summed E-state index contributed by atoms with van der Waals surface area (Å²) in [5, 5.41) is 11.5. The summed E-state index contributed by atoms with van der Waals surface area (Å²) >= 11 is 0. The SMILES string of the molecule is Cc1cc(C(=O)COC(=O)C(O)(c2ccccc2)c2ccccc2)c(C)n1[C@H]1CCS(=O)(=O)C1. The highest BCUT2D eigenvalue weighted by Gasteiger charge is 2.42. The van der Waals surface area contributed by atoms with E-state index in [1.165, 1.54) is 0 Å². The summed E-state index contributed by atoms with van der Waals surface area (Å²) in [4.78, 5) is 26.1. The molecule has 178 valence electrons. The van der Waals surface area contributed by atoms with E-state index in [9.17, 15) is 23.1 Å². The van der Waals surface area contributed by atoms with Crippen molar-refractivity contribution in [2.24, 2.45) is 0 Å². The van der Waals surface area contributed by atoms with Crippen molar-refractivity contribution in [3.05, 3.63) is 94.8 Å². The average Bonchev–Trinajstić information content (AvgIpc) is 3.34. The summed E-state index contributed by atoms with van der Waals surface area (Å²) in [5.41, 5.74) is 0.384. The molecule has 0 amide bonds. The third-order valence-corrected chi connectivity index (χ3v) is 8.12. The van der Waals surface area contributed by atoms with Gasteiger partial charge in [-0.15, -0.1) is 0 Å². The molecule has 0 bridgehead atoms. The Balaban J connectivity index is 1.56. The van der Waals surface area contributed by atoms with Gasteiger partial charge in [-0.1, -0.05) is 60.7 Å². The molecule has 1 fully saturated rings. The van der Waals surface area contributed by atoms with Crippen molar-refractivity contribution in [1.82, 2.24) is 4.57 Å². The van der Waals surface area contributed by atoms with Gasteiger partial charge in [0.1, 0.15) is 0 Å². The third kappa shape index (κ3) is 4.43. The van der Waals surface area contributed by atoms with Crippen molar-refractivity contribution in [3.8, 4) is 0 Å². The lowest BCUT2D eigenvalue weighted by Gasteiger charge is -2.27. The van der Waals surface area contributed by atoms with Gasteiger partial charge in [-0.3, -0.25) is 4.79 Å².